The normalized spacial score (nSPS) is 10.9. The molecule has 2 heterocycles. The van der Waals surface area contributed by atoms with Crippen LogP contribution in [0.3, 0.4) is 0 Å². The Hall–Kier alpha value is -2.89. The number of benzene rings is 2. The van der Waals surface area contributed by atoms with Crippen molar-refractivity contribution in [3.8, 4) is 11.1 Å². The van der Waals surface area contributed by atoms with Gasteiger partial charge in [0.25, 0.3) is 0 Å². The van der Waals surface area contributed by atoms with Gasteiger partial charge in [-0.2, -0.15) is 5.10 Å². The molecular weight excluding hydrogens is 383 g/mol. The fraction of sp³-hybridized carbons (Fsp3) is 0.0500. The van der Waals surface area contributed by atoms with Crippen LogP contribution >= 0.6 is 23.2 Å². The molecule has 4 rings (SSSR count). The van der Waals surface area contributed by atoms with E-state index < -0.39 is 0 Å². The summed E-state index contributed by atoms with van der Waals surface area (Å²) in [5.41, 5.74) is 4.42. The molecule has 5 nitrogen and oxygen atoms in total. The van der Waals surface area contributed by atoms with Crippen molar-refractivity contribution in [1.29, 1.82) is 0 Å². The SMILES string of the molecule is O=C(Cc1ccc(-c2ccn3ncnc3c2)cc1)Nc1ccc(Cl)c(Cl)c1. The predicted molar refractivity (Wildman–Crippen MR) is 107 cm³/mol. The fourth-order valence-corrected chi connectivity index (χ4v) is 3.07. The van der Waals surface area contributed by atoms with E-state index in [1.165, 1.54) is 6.33 Å². The first-order valence-corrected chi connectivity index (χ1v) is 8.98. The Morgan fingerprint density at radius 2 is 1.78 bits per heavy atom. The third kappa shape index (κ3) is 3.94. The van der Waals surface area contributed by atoms with Crippen LogP contribution in [-0.4, -0.2) is 20.5 Å². The number of anilines is 1. The van der Waals surface area contributed by atoms with Gasteiger partial charge in [-0.25, -0.2) is 9.50 Å². The Morgan fingerprint density at radius 3 is 2.56 bits per heavy atom. The number of rotatable bonds is 4. The molecule has 7 heteroatoms. The summed E-state index contributed by atoms with van der Waals surface area (Å²) in [4.78, 5) is 16.4. The monoisotopic (exact) mass is 396 g/mol. The Labute approximate surface area is 165 Å². The van der Waals surface area contributed by atoms with Crippen molar-refractivity contribution in [1.82, 2.24) is 14.6 Å². The van der Waals surface area contributed by atoms with Crippen LogP contribution in [0.2, 0.25) is 10.0 Å². The lowest BCUT2D eigenvalue weighted by atomic mass is 10.0. The molecule has 0 atom stereocenters. The van der Waals surface area contributed by atoms with Gasteiger partial charge in [-0.15, -0.1) is 0 Å². The van der Waals surface area contributed by atoms with Crippen LogP contribution in [0.1, 0.15) is 5.56 Å². The lowest BCUT2D eigenvalue weighted by Gasteiger charge is -2.07. The van der Waals surface area contributed by atoms with E-state index in [9.17, 15) is 4.79 Å². The molecule has 0 unspecified atom stereocenters. The summed E-state index contributed by atoms with van der Waals surface area (Å²) < 4.78 is 1.71. The average Bonchev–Trinajstić information content (AvgIpc) is 3.13. The van der Waals surface area contributed by atoms with Gasteiger partial charge in [0, 0.05) is 11.9 Å². The van der Waals surface area contributed by atoms with Gasteiger partial charge < -0.3 is 5.32 Å². The lowest BCUT2D eigenvalue weighted by Crippen LogP contribution is -2.14. The van der Waals surface area contributed by atoms with Crippen LogP contribution in [0.4, 0.5) is 5.69 Å². The first kappa shape index (κ1) is 17.5. The third-order valence-electron chi connectivity index (χ3n) is 4.14. The van der Waals surface area contributed by atoms with Gasteiger partial charge >= 0.3 is 0 Å². The second-order valence-corrected chi connectivity index (χ2v) is 6.84. The zero-order valence-corrected chi connectivity index (χ0v) is 15.6. The second kappa shape index (κ2) is 7.39. The van der Waals surface area contributed by atoms with Crippen molar-refractivity contribution >= 4 is 40.4 Å². The highest BCUT2D eigenvalue weighted by Crippen LogP contribution is 2.25. The summed E-state index contributed by atoms with van der Waals surface area (Å²) in [6.07, 6.45) is 3.66. The molecule has 1 amide bonds. The van der Waals surface area contributed by atoms with E-state index in [1.807, 2.05) is 42.6 Å². The molecule has 27 heavy (non-hydrogen) atoms. The molecule has 0 bridgehead atoms. The second-order valence-electron chi connectivity index (χ2n) is 6.03. The van der Waals surface area contributed by atoms with E-state index in [1.54, 1.807) is 22.7 Å². The van der Waals surface area contributed by atoms with E-state index in [2.05, 4.69) is 15.4 Å². The number of fused-ring (bicyclic) bond motifs is 1. The maximum atomic E-state index is 12.2. The minimum atomic E-state index is -0.119. The van der Waals surface area contributed by atoms with Crippen molar-refractivity contribution in [3.63, 3.8) is 0 Å². The molecule has 0 saturated carbocycles. The molecule has 0 radical (unpaired) electrons. The van der Waals surface area contributed by atoms with E-state index in [4.69, 9.17) is 23.2 Å². The van der Waals surface area contributed by atoms with E-state index in [-0.39, 0.29) is 12.3 Å². The smallest absolute Gasteiger partial charge is 0.228 e. The first-order chi connectivity index (χ1) is 13.1. The number of hydrogen-bond donors (Lipinski definition) is 1. The topological polar surface area (TPSA) is 59.3 Å². The summed E-state index contributed by atoms with van der Waals surface area (Å²) in [6.45, 7) is 0. The molecule has 0 aliphatic heterocycles. The number of carbonyl (C=O) groups excluding carboxylic acids is 1. The van der Waals surface area contributed by atoms with Crippen molar-refractivity contribution in [2.24, 2.45) is 0 Å². The van der Waals surface area contributed by atoms with Crippen LogP contribution < -0.4 is 5.32 Å². The zero-order chi connectivity index (χ0) is 18.8. The van der Waals surface area contributed by atoms with Gasteiger partial charge in [0.1, 0.15) is 6.33 Å². The minimum Gasteiger partial charge on any atom is -0.326 e. The summed E-state index contributed by atoms with van der Waals surface area (Å²) in [6, 6.07) is 16.8. The highest BCUT2D eigenvalue weighted by molar-refractivity contribution is 6.42. The fourth-order valence-electron chi connectivity index (χ4n) is 2.77. The van der Waals surface area contributed by atoms with Gasteiger partial charge in [-0.3, -0.25) is 4.79 Å². The van der Waals surface area contributed by atoms with E-state index in [0.717, 1.165) is 22.3 Å². The maximum Gasteiger partial charge on any atom is 0.228 e. The van der Waals surface area contributed by atoms with Gasteiger partial charge in [-0.1, -0.05) is 47.5 Å². The highest BCUT2D eigenvalue weighted by Gasteiger charge is 2.07. The van der Waals surface area contributed by atoms with Crippen molar-refractivity contribution in [3.05, 3.63) is 82.7 Å². The number of nitrogens with zero attached hydrogens (tertiary/aromatic N) is 3. The van der Waals surface area contributed by atoms with Gasteiger partial charge in [0.05, 0.1) is 16.5 Å². The molecular formula is C20H14Cl2N4O. The number of halogens is 2. The number of pyridine rings is 1. The van der Waals surface area contributed by atoms with E-state index in [0.29, 0.717) is 15.7 Å². The number of amides is 1. The standard InChI is InChI=1S/C20H14Cl2N4O/c21-17-6-5-16(11-18(17)22)25-20(27)9-13-1-3-14(4-2-13)15-7-8-26-19(10-15)23-12-24-26/h1-8,10-12H,9H2,(H,25,27). The van der Waals surface area contributed by atoms with Crippen molar-refractivity contribution in [2.45, 2.75) is 6.42 Å². The summed E-state index contributed by atoms with van der Waals surface area (Å²) >= 11 is 11.9. The van der Waals surface area contributed by atoms with Gasteiger partial charge in [0.15, 0.2) is 5.65 Å². The molecule has 2 aromatic heterocycles. The van der Waals surface area contributed by atoms with Gasteiger partial charge in [-0.05, 0) is 47.0 Å². The molecule has 0 spiro atoms. The molecule has 0 aliphatic carbocycles. The Kier molecular flexibility index (Phi) is 4.79. The lowest BCUT2D eigenvalue weighted by molar-refractivity contribution is -0.115. The number of nitrogens with one attached hydrogen (secondary N) is 1. The minimum absolute atomic E-state index is 0.119. The molecule has 4 aromatic rings. The zero-order valence-electron chi connectivity index (χ0n) is 14.1. The van der Waals surface area contributed by atoms with E-state index >= 15 is 0 Å². The summed E-state index contributed by atoms with van der Waals surface area (Å²) in [5.74, 6) is -0.119. The van der Waals surface area contributed by atoms with Crippen LogP contribution in [0.15, 0.2) is 67.1 Å². The first-order valence-electron chi connectivity index (χ1n) is 8.22. The maximum absolute atomic E-state index is 12.2. The van der Waals surface area contributed by atoms with Crippen LogP contribution in [0.25, 0.3) is 16.8 Å². The predicted octanol–water partition coefficient (Wildman–Crippen LogP) is 4.88. The van der Waals surface area contributed by atoms with Gasteiger partial charge in [0.2, 0.25) is 5.91 Å². The quantitative estimate of drug-likeness (QED) is 0.534. The molecule has 0 aliphatic rings. The Morgan fingerprint density at radius 1 is 0.963 bits per heavy atom. The number of aromatic nitrogens is 3. The Balaban J connectivity index is 1.45. The van der Waals surface area contributed by atoms with Crippen LogP contribution in [0.5, 0.6) is 0 Å². The molecule has 2 aromatic carbocycles. The molecule has 1 N–H and O–H groups in total. The number of carbonyl (C=O) groups is 1. The van der Waals surface area contributed by atoms with Crippen LogP contribution in [-0.2, 0) is 11.2 Å². The Bertz CT molecular complexity index is 1120. The average molecular weight is 397 g/mol. The van der Waals surface area contributed by atoms with Crippen LogP contribution in [0, 0.1) is 0 Å². The van der Waals surface area contributed by atoms with Crippen molar-refractivity contribution in [2.75, 3.05) is 5.32 Å². The largest absolute Gasteiger partial charge is 0.326 e. The molecule has 134 valence electrons. The van der Waals surface area contributed by atoms with Crippen molar-refractivity contribution < 1.29 is 4.79 Å². The summed E-state index contributed by atoms with van der Waals surface area (Å²) in [5, 5.41) is 7.77. The molecule has 0 saturated heterocycles. The third-order valence-corrected chi connectivity index (χ3v) is 4.88. The summed E-state index contributed by atoms with van der Waals surface area (Å²) in [7, 11) is 0. The highest BCUT2D eigenvalue weighted by atomic mass is 35.5. The molecule has 0 fully saturated rings. The number of hydrogen-bond acceptors (Lipinski definition) is 3.